The summed E-state index contributed by atoms with van der Waals surface area (Å²) in [5, 5.41) is 0. The van der Waals surface area contributed by atoms with Crippen molar-refractivity contribution in [1.29, 1.82) is 0 Å². The summed E-state index contributed by atoms with van der Waals surface area (Å²) in [7, 11) is 0. The van der Waals surface area contributed by atoms with Crippen molar-refractivity contribution in [3.05, 3.63) is 30.9 Å². The van der Waals surface area contributed by atoms with Crippen LogP contribution in [-0.2, 0) is 4.74 Å². The molecule has 0 amide bonds. The predicted molar refractivity (Wildman–Crippen MR) is 69.0 cm³/mol. The Kier molecular flexibility index (Phi) is 2.98. The Morgan fingerprint density at radius 1 is 1.33 bits per heavy atom. The molecule has 0 bridgehead atoms. The predicted octanol–water partition coefficient (Wildman–Crippen LogP) is 1.88. The normalized spacial score (nSPS) is 19.9. The molecule has 0 radical (unpaired) electrons. The molecule has 2 aromatic rings. The highest BCUT2D eigenvalue weighted by Gasteiger charge is 2.18. The first kappa shape index (κ1) is 11.2. The molecule has 5 heteroatoms. The van der Waals surface area contributed by atoms with Crippen molar-refractivity contribution >= 4 is 5.82 Å². The standard InChI is InChI=1S/C13H16N4O/c14-13-4-3-10(6-16-13)12-7-15-9-17(12)11-2-1-5-18-8-11/h3-4,6-7,9,11H,1-2,5,8H2,(H2,14,16). The molecule has 1 unspecified atom stereocenters. The average Bonchev–Trinajstić information content (AvgIpc) is 2.90. The van der Waals surface area contributed by atoms with Crippen molar-refractivity contribution in [2.75, 3.05) is 18.9 Å². The maximum absolute atomic E-state index is 5.61. The second-order valence-electron chi connectivity index (χ2n) is 4.53. The summed E-state index contributed by atoms with van der Waals surface area (Å²) >= 11 is 0. The lowest BCUT2D eigenvalue weighted by molar-refractivity contribution is 0.0596. The van der Waals surface area contributed by atoms with E-state index in [1.54, 1.807) is 6.20 Å². The van der Waals surface area contributed by atoms with E-state index >= 15 is 0 Å². The van der Waals surface area contributed by atoms with Gasteiger partial charge < -0.3 is 15.0 Å². The fraction of sp³-hybridized carbons (Fsp3) is 0.385. The van der Waals surface area contributed by atoms with Crippen LogP contribution < -0.4 is 5.73 Å². The van der Waals surface area contributed by atoms with E-state index in [9.17, 15) is 0 Å². The van der Waals surface area contributed by atoms with Crippen LogP contribution in [0.3, 0.4) is 0 Å². The number of aromatic nitrogens is 3. The van der Waals surface area contributed by atoms with Crippen LogP contribution in [0.15, 0.2) is 30.9 Å². The number of rotatable bonds is 2. The molecule has 1 saturated heterocycles. The molecule has 0 aromatic carbocycles. The van der Waals surface area contributed by atoms with Gasteiger partial charge in [0.1, 0.15) is 5.82 Å². The first-order valence-corrected chi connectivity index (χ1v) is 6.16. The number of hydrogen-bond donors (Lipinski definition) is 1. The van der Waals surface area contributed by atoms with Gasteiger partial charge in [0.05, 0.1) is 30.9 Å². The highest BCUT2D eigenvalue weighted by Crippen LogP contribution is 2.26. The van der Waals surface area contributed by atoms with Gasteiger partial charge in [-0.3, -0.25) is 0 Å². The molecular formula is C13H16N4O. The lowest BCUT2D eigenvalue weighted by Gasteiger charge is -2.25. The fourth-order valence-corrected chi connectivity index (χ4v) is 2.32. The Balaban J connectivity index is 1.93. The third-order valence-electron chi connectivity index (χ3n) is 3.28. The number of ether oxygens (including phenoxy) is 1. The number of nitrogens with zero attached hydrogens (tertiary/aromatic N) is 3. The van der Waals surface area contributed by atoms with E-state index < -0.39 is 0 Å². The van der Waals surface area contributed by atoms with Crippen LogP contribution in [0.4, 0.5) is 5.82 Å². The molecule has 5 nitrogen and oxygen atoms in total. The maximum Gasteiger partial charge on any atom is 0.123 e. The number of anilines is 1. The zero-order chi connectivity index (χ0) is 12.4. The van der Waals surface area contributed by atoms with Crippen molar-refractivity contribution in [2.45, 2.75) is 18.9 Å². The zero-order valence-corrected chi connectivity index (χ0v) is 10.1. The largest absolute Gasteiger partial charge is 0.384 e. The monoisotopic (exact) mass is 244 g/mol. The summed E-state index contributed by atoms with van der Waals surface area (Å²) in [5.74, 6) is 0.533. The second-order valence-corrected chi connectivity index (χ2v) is 4.53. The molecule has 1 aliphatic rings. The molecule has 18 heavy (non-hydrogen) atoms. The van der Waals surface area contributed by atoms with E-state index in [4.69, 9.17) is 10.5 Å². The van der Waals surface area contributed by atoms with Gasteiger partial charge in [-0.1, -0.05) is 0 Å². The van der Waals surface area contributed by atoms with Gasteiger partial charge in [-0.2, -0.15) is 0 Å². The van der Waals surface area contributed by atoms with Crippen LogP contribution in [0, 0.1) is 0 Å². The number of hydrogen-bond acceptors (Lipinski definition) is 4. The van der Waals surface area contributed by atoms with Gasteiger partial charge in [0, 0.05) is 18.4 Å². The molecule has 0 saturated carbocycles. The van der Waals surface area contributed by atoms with E-state index in [0.29, 0.717) is 11.9 Å². The maximum atomic E-state index is 5.61. The van der Waals surface area contributed by atoms with Crippen LogP contribution in [0.2, 0.25) is 0 Å². The average molecular weight is 244 g/mol. The summed E-state index contributed by atoms with van der Waals surface area (Å²) in [5.41, 5.74) is 7.71. The third kappa shape index (κ3) is 2.09. The quantitative estimate of drug-likeness (QED) is 0.876. The fourth-order valence-electron chi connectivity index (χ4n) is 2.32. The van der Waals surface area contributed by atoms with Gasteiger partial charge in [-0.15, -0.1) is 0 Å². The topological polar surface area (TPSA) is 66.0 Å². The van der Waals surface area contributed by atoms with Gasteiger partial charge in [-0.25, -0.2) is 9.97 Å². The molecule has 0 spiro atoms. The van der Waals surface area contributed by atoms with Gasteiger partial charge in [0.2, 0.25) is 0 Å². The highest BCUT2D eigenvalue weighted by molar-refractivity contribution is 5.59. The molecule has 1 aliphatic heterocycles. The molecule has 94 valence electrons. The van der Waals surface area contributed by atoms with Crippen LogP contribution >= 0.6 is 0 Å². The van der Waals surface area contributed by atoms with E-state index in [-0.39, 0.29) is 0 Å². The van der Waals surface area contributed by atoms with Crippen molar-refractivity contribution in [2.24, 2.45) is 0 Å². The van der Waals surface area contributed by atoms with E-state index in [0.717, 1.165) is 37.3 Å². The minimum Gasteiger partial charge on any atom is -0.384 e. The molecule has 1 fully saturated rings. The van der Waals surface area contributed by atoms with Crippen molar-refractivity contribution in [3.63, 3.8) is 0 Å². The van der Waals surface area contributed by atoms with Crippen LogP contribution in [0.25, 0.3) is 11.3 Å². The van der Waals surface area contributed by atoms with Crippen molar-refractivity contribution < 1.29 is 4.74 Å². The zero-order valence-electron chi connectivity index (χ0n) is 10.1. The Morgan fingerprint density at radius 3 is 3.00 bits per heavy atom. The molecule has 3 rings (SSSR count). The van der Waals surface area contributed by atoms with Crippen LogP contribution in [0.1, 0.15) is 18.9 Å². The Labute approximate surface area is 106 Å². The van der Waals surface area contributed by atoms with Gasteiger partial charge in [0.25, 0.3) is 0 Å². The second kappa shape index (κ2) is 4.78. The molecule has 1 atom stereocenters. The van der Waals surface area contributed by atoms with Crippen LogP contribution in [-0.4, -0.2) is 27.7 Å². The van der Waals surface area contributed by atoms with Gasteiger partial charge in [-0.05, 0) is 25.0 Å². The lowest BCUT2D eigenvalue weighted by Crippen LogP contribution is -2.21. The lowest BCUT2D eigenvalue weighted by atomic mass is 10.1. The molecule has 3 heterocycles. The van der Waals surface area contributed by atoms with Gasteiger partial charge >= 0.3 is 0 Å². The van der Waals surface area contributed by atoms with Gasteiger partial charge in [0.15, 0.2) is 0 Å². The highest BCUT2D eigenvalue weighted by atomic mass is 16.5. The Bertz CT molecular complexity index is 514. The van der Waals surface area contributed by atoms with Crippen molar-refractivity contribution in [1.82, 2.24) is 14.5 Å². The van der Waals surface area contributed by atoms with Crippen LogP contribution in [0.5, 0.6) is 0 Å². The summed E-state index contributed by atoms with van der Waals surface area (Å²) in [6, 6.07) is 4.15. The number of imidazole rings is 1. The molecule has 2 aromatic heterocycles. The summed E-state index contributed by atoms with van der Waals surface area (Å²) in [4.78, 5) is 8.37. The molecule has 0 aliphatic carbocycles. The van der Waals surface area contributed by atoms with E-state index in [2.05, 4.69) is 14.5 Å². The smallest absolute Gasteiger partial charge is 0.123 e. The molecular weight excluding hydrogens is 228 g/mol. The Morgan fingerprint density at radius 2 is 2.28 bits per heavy atom. The summed E-state index contributed by atoms with van der Waals surface area (Å²) < 4.78 is 7.70. The van der Waals surface area contributed by atoms with E-state index in [1.807, 2.05) is 24.7 Å². The number of pyridine rings is 1. The molecule has 2 N–H and O–H groups in total. The SMILES string of the molecule is Nc1ccc(-c2cncn2C2CCCOC2)cn1. The summed E-state index contributed by atoms with van der Waals surface area (Å²) in [6.07, 6.45) is 7.74. The van der Waals surface area contributed by atoms with E-state index in [1.165, 1.54) is 0 Å². The first-order valence-electron chi connectivity index (χ1n) is 6.16. The minimum absolute atomic E-state index is 0.369. The summed E-state index contributed by atoms with van der Waals surface area (Å²) in [6.45, 7) is 1.62. The first-order chi connectivity index (χ1) is 8.84. The van der Waals surface area contributed by atoms with Crippen molar-refractivity contribution in [3.8, 4) is 11.3 Å². The number of nitrogens with two attached hydrogens (primary N) is 1. The minimum atomic E-state index is 0.369. The third-order valence-corrected chi connectivity index (χ3v) is 3.28. The number of nitrogen functional groups attached to an aromatic ring is 1. The Hall–Kier alpha value is -1.88.